The van der Waals surface area contributed by atoms with Gasteiger partial charge >= 0.3 is 0 Å². The highest BCUT2D eigenvalue weighted by Crippen LogP contribution is 2.25. The highest BCUT2D eigenvalue weighted by molar-refractivity contribution is 6.32. The van der Waals surface area contributed by atoms with Crippen molar-refractivity contribution in [2.75, 3.05) is 31.1 Å². The number of aromatic nitrogens is 1. The number of nitriles is 1. The first-order chi connectivity index (χ1) is 11.1. The van der Waals surface area contributed by atoms with Gasteiger partial charge in [-0.15, -0.1) is 0 Å². The number of benzene rings is 1. The van der Waals surface area contributed by atoms with Crippen molar-refractivity contribution in [2.24, 2.45) is 0 Å². The molecule has 1 aliphatic heterocycles. The number of aryl methyl sites for hydroxylation is 2. The van der Waals surface area contributed by atoms with Gasteiger partial charge in [-0.2, -0.15) is 5.26 Å². The Morgan fingerprint density at radius 1 is 1.26 bits per heavy atom. The van der Waals surface area contributed by atoms with Gasteiger partial charge in [-0.25, -0.2) is 0 Å². The van der Waals surface area contributed by atoms with Gasteiger partial charge in [-0.05, 0) is 32.0 Å². The molecule has 0 radical (unpaired) electrons. The molecule has 2 heterocycles. The van der Waals surface area contributed by atoms with Crippen molar-refractivity contribution in [3.8, 4) is 6.07 Å². The Balaban J connectivity index is 1.62. The van der Waals surface area contributed by atoms with E-state index in [-0.39, 0.29) is 0 Å². The van der Waals surface area contributed by atoms with Crippen molar-refractivity contribution < 1.29 is 4.52 Å². The second kappa shape index (κ2) is 6.61. The molecule has 2 aromatic rings. The quantitative estimate of drug-likeness (QED) is 0.865. The molecule has 1 aliphatic rings. The van der Waals surface area contributed by atoms with Gasteiger partial charge in [0.15, 0.2) is 0 Å². The van der Waals surface area contributed by atoms with E-state index in [2.05, 4.69) is 21.0 Å². The molecule has 6 heteroatoms. The first-order valence-electron chi connectivity index (χ1n) is 7.67. The molecule has 0 aliphatic carbocycles. The molecule has 1 aromatic heterocycles. The number of rotatable bonds is 3. The second-order valence-electron chi connectivity index (χ2n) is 5.84. The smallest absolute Gasteiger partial charge is 0.138 e. The van der Waals surface area contributed by atoms with Crippen LogP contribution in [0.5, 0.6) is 0 Å². The molecule has 0 unspecified atom stereocenters. The van der Waals surface area contributed by atoms with Gasteiger partial charge in [0.25, 0.3) is 0 Å². The van der Waals surface area contributed by atoms with Crippen LogP contribution in [-0.4, -0.2) is 36.2 Å². The van der Waals surface area contributed by atoms with Crippen LogP contribution in [0.25, 0.3) is 0 Å². The lowest BCUT2D eigenvalue weighted by Gasteiger charge is -2.36. The molecule has 0 amide bonds. The Hall–Kier alpha value is -2.03. The van der Waals surface area contributed by atoms with E-state index >= 15 is 0 Å². The van der Waals surface area contributed by atoms with Crippen LogP contribution in [0.4, 0.5) is 5.69 Å². The summed E-state index contributed by atoms with van der Waals surface area (Å²) in [6, 6.07) is 7.73. The molecular weight excluding hydrogens is 312 g/mol. The summed E-state index contributed by atoms with van der Waals surface area (Å²) in [5, 5.41) is 13.5. The fraction of sp³-hybridized carbons (Fsp3) is 0.412. The zero-order chi connectivity index (χ0) is 16.4. The van der Waals surface area contributed by atoms with Gasteiger partial charge < -0.3 is 9.42 Å². The van der Waals surface area contributed by atoms with E-state index in [0.29, 0.717) is 10.6 Å². The van der Waals surface area contributed by atoms with Crippen LogP contribution in [0, 0.1) is 25.2 Å². The predicted molar refractivity (Wildman–Crippen MR) is 89.6 cm³/mol. The molecule has 0 saturated carbocycles. The van der Waals surface area contributed by atoms with Crippen molar-refractivity contribution in [3.63, 3.8) is 0 Å². The molecule has 23 heavy (non-hydrogen) atoms. The molecular formula is C17H19ClN4O. The summed E-state index contributed by atoms with van der Waals surface area (Å²) in [5.74, 6) is 0.906. The minimum absolute atomic E-state index is 0.517. The fourth-order valence-electron chi connectivity index (χ4n) is 2.91. The van der Waals surface area contributed by atoms with E-state index in [1.165, 1.54) is 5.56 Å². The lowest BCUT2D eigenvalue weighted by Crippen LogP contribution is -2.46. The number of hydrogen-bond acceptors (Lipinski definition) is 5. The maximum Gasteiger partial charge on any atom is 0.138 e. The molecule has 0 bridgehead atoms. The first-order valence-corrected chi connectivity index (χ1v) is 8.05. The van der Waals surface area contributed by atoms with Gasteiger partial charge in [0.1, 0.15) is 11.8 Å². The van der Waals surface area contributed by atoms with E-state index in [1.807, 2.05) is 26.0 Å². The van der Waals surface area contributed by atoms with E-state index in [4.69, 9.17) is 21.4 Å². The monoisotopic (exact) mass is 330 g/mol. The molecule has 0 N–H and O–H groups in total. The molecule has 1 saturated heterocycles. The zero-order valence-electron chi connectivity index (χ0n) is 13.3. The van der Waals surface area contributed by atoms with E-state index in [0.717, 1.165) is 49.9 Å². The first kappa shape index (κ1) is 15.9. The van der Waals surface area contributed by atoms with Crippen molar-refractivity contribution in [1.82, 2.24) is 10.1 Å². The summed E-state index contributed by atoms with van der Waals surface area (Å²) >= 11 is 6.13. The van der Waals surface area contributed by atoms with Crippen molar-refractivity contribution in [2.45, 2.75) is 20.4 Å². The molecule has 1 fully saturated rings. The molecule has 120 valence electrons. The Kier molecular flexibility index (Phi) is 4.56. The van der Waals surface area contributed by atoms with Crippen molar-refractivity contribution in [1.29, 1.82) is 5.26 Å². The Morgan fingerprint density at radius 3 is 2.57 bits per heavy atom. The largest absolute Gasteiger partial charge is 0.369 e. The topological polar surface area (TPSA) is 56.3 Å². The number of piperazine rings is 1. The maximum atomic E-state index is 8.95. The summed E-state index contributed by atoms with van der Waals surface area (Å²) < 4.78 is 5.23. The van der Waals surface area contributed by atoms with E-state index in [9.17, 15) is 0 Å². The van der Waals surface area contributed by atoms with Crippen LogP contribution in [0.15, 0.2) is 22.7 Å². The van der Waals surface area contributed by atoms with Gasteiger partial charge in [-0.3, -0.25) is 4.90 Å². The average Bonchev–Trinajstić information content (AvgIpc) is 2.87. The molecule has 0 spiro atoms. The molecule has 5 nitrogen and oxygen atoms in total. The van der Waals surface area contributed by atoms with E-state index < -0.39 is 0 Å². The maximum absolute atomic E-state index is 8.95. The average molecular weight is 331 g/mol. The van der Waals surface area contributed by atoms with Crippen LogP contribution in [0.3, 0.4) is 0 Å². The van der Waals surface area contributed by atoms with Gasteiger partial charge in [0.2, 0.25) is 0 Å². The normalized spacial score (nSPS) is 15.7. The Labute approximate surface area is 141 Å². The van der Waals surface area contributed by atoms with Crippen LogP contribution < -0.4 is 4.90 Å². The predicted octanol–water partition coefficient (Wildman–Crippen LogP) is 3.14. The van der Waals surface area contributed by atoms with Crippen LogP contribution in [0.2, 0.25) is 5.02 Å². The zero-order valence-corrected chi connectivity index (χ0v) is 14.1. The Morgan fingerprint density at radius 2 is 2.00 bits per heavy atom. The molecule has 1 aromatic carbocycles. The van der Waals surface area contributed by atoms with Crippen LogP contribution in [0.1, 0.15) is 22.6 Å². The van der Waals surface area contributed by atoms with Crippen LogP contribution in [-0.2, 0) is 6.54 Å². The van der Waals surface area contributed by atoms with Crippen LogP contribution >= 0.6 is 11.6 Å². The lowest BCUT2D eigenvalue weighted by atomic mass is 10.1. The molecule has 3 rings (SSSR count). The number of nitrogens with zero attached hydrogens (tertiary/aromatic N) is 4. The summed E-state index contributed by atoms with van der Waals surface area (Å²) in [6.45, 7) is 8.65. The summed E-state index contributed by atoms with van der Waals surface area (Å²) in [6.07, 6.45) is 0. The number of hydrogen-bond donors (Lipinski definition) is 0. The SMILES string of the molecule is Cc1noc(C)c1CN1CCN(c2ccc(C#N)c(Cl)c2)CC1. The summed E-state index contributed by atoms with van der Waals surface area (Å²) in [7, 11) is 0. The van der Waals surface area contributed by atoms with Crippen molar-refractivity contribution in [3.05, 3.63) is 45.8 Å². The third kappa shape index (κ3) is 3.34. The van der Waals surface area contributed by atoms with Gasteiger partial charge in [0, 0.05) is 44.0 Å². The second-order valence-corrected chi connectivity index (χ2v) is 6.25. The number of halogens is 1. The highest BCUT2D eigenvalue weighted by atomic mass is 35.5. The van der Waals surface area contributed by atoms with E-state index in [1.54, 1.807) is 6.07 Å². The minimum Gasteiger partial charge on any atom is -0.369 e. The summed E-state index contributed by atoms with van der Waals surface area (Å²) in [4.78, 5) is 4.71. The standard InChI is InChI=1S/C17H19ClN4O/c1-12-16(13(2)23-20-12)11-21-5-7-22(8-6-21)15-4-3-14(10-19)17(18)9-15/h3-4,9H,5-8,11H2,1-2H3. The van der Waals surface area contributed by atoms with Crippen molar-refractivity contribution >= 4 is 17.3 Å². The fourth-order valence-corrected chi connectivity index (χ4v) is 3.12. The molecule has 0 atom stereocenters. The highest BCUT2D eigenvalue weighted by Gasteiger charge is 2.20. The van der Waals surface area contributed by atoms with Gasteiger partial charge in [0.05, 0.1) is 16.3 Å². The third-order valence-corrected chi connectivity index (χ3v) is 4.69. The summed E-state index contributed by atoms with van der Waals surface area (Å²) in [5.41, 5.74) is 3.77. The lowest BCUT2D eigenvalue weighted by molar-refractivity contribution is 0.248. The minimum atomic E-state index is 0.517. The number of anilines is 1. The third-order valence-electron chi connectivity index (χ3n) is 4.37. The van der Waals surface area contributed by atoms with Gasteiger partial charge in [-0.1, -0.05) is 16.8 Å². The Bertz CT molecular complexity index is 722.